The normalized spacial score (nSPS) is 23.5. The summed E-state index contributed by atoms with van der Waals surface area (Å²) in [5.74, 6) is 0.0236. The van der Waals surface area contributed by atoms with Crippen LogP contribution in [-0.4, -0.2) is 47.8 Å². The van der Waals surface area contributed by atoms with E-state index in [9.17, 15) is 9.90 Å². The third-order valence-corrected chi connectivity index (χ3v) is 3.81. The first kappa shape index (κ1) is 14.0. The first-order valence-electron chi connectivity index (χ1n) is 6.64. The van der Waals surface area contributed by atoms with E-state index in [1.165, 1.54) is 0 Å². The van der Waals surface area contributed by atoms with Crippen molar-refractivity contribution in [2.45, 2.75) is 32.9 Å². The fourth-order valence-corrected chi connectivity index (χ4v) is 2.35. The van der Waals surface area contributed by atoms with Crippen molar-refractivity contribution in [2.24, 2.45) is 0 Å². The predicted octanol–water partition coefficient (Wildman–Crippen LogP) is 1.53. The summed E-state index contributed by atoms with van der Waals surface area (Å²) in [6.45, 7) is 6.81. The van der Waals surface area contributed by atoms with Crippen molar-refractivity contribution in [3.63, 3.8) is 0 Å². The maximum Gasteiger partial charge on any atom is 0.254 e. The highest BCUT2D eigenvalue weighted by atomic mass is 16.5. The second-order valence-electron chi connectivity index (χ2n) is 5.19. The molecule has 19 heavy (non-hydrogen) atoms. The Kier molecular flexibility index (Phi) is 4.22. The Hall–Kier alpha value is -1.39. The largest absolute Gasteiger partial charge is 0.394 e. The van der Waals surface area contributed by atoms with E-state index >= 15 is 0 Å². The molecule has 0 bridgehead atoms. The molecule has 1 aromatic carbocycles. The lowest BCUT2D eigenvalue weighted by atomic mass is 10.0. The van der Waals surface area contributed by atoms with Crippen LogP contribution in [0.5, 0.6) is 0 Å². The minimum Gasteiger partial charge on any atom is -0.394 e. The van der Waals surface area contributed by atoms with Crippen LogP contribution in [0.1, 0.15) is 28.4 Å². The molecule has 104 valence electrons. The van der Waals surface area contributed by atoms with Crippen LogP contribution in [0.4, 0.5) is 0 Å². The van der Waals surface area contributed by atoms with Gasteiger partial charge in [0.15, 0.2) is 0 Å². The SMILES string of the molecule is Cc1cccc(C(=O)N2CC(CO)OCC2C)c1C. The molecule has 1 fully saturated rings. The molecule has 0 saturated carbocycles. The maximum absolute atomic E-state index is 12.6. The molecule has 1 aliphatic heterocycles. The van der Waals surface area contributed by atoms with Crippen LogP contribution in [0, 0.1) is 13.8 Å². The topological polar surface area (TPSA) is 49.8 Å². The van der Waals surface area contributed by atoms with E-state index < -0.39 is 0 Å². The second-order valence-corrected chi connectivity index (χ2v) is 5.19. The number of aryl methyl sites for hydroxylation is 1. The van der Waals surface area contributed by atoms with Gasteiger partial charge in [0.1, 0.15) is 0 Å². The lowest BCUT2D eigenvalue weighted by Gasteiger charge is -2.37. The Morgan fingerprint density at radius 1 is 1.47 bits per heavy atom. The Balaban J connectivity index is 2.24. The first-order chi connectivity index (χ1) is 9.04. The molecule has 4 heteroatoms. The molecule has 1 aliphatic rings. The average Bonchev–Trinajstić information content (AvgIpc) is 2.42. The molecule has 1 aromatic rings. The van der Waals surface area contributed by atoms with Crippen LogP contribution < -0.4 is 0 Å². The van der Waals surface area contributed by atoms with E-state index in [0.717, 1.165) is 16.7 Å². The number of amides is 1. The number of carbonyl (C=O) groups excluding carboxylic acids is 1. The zero-order valence-electron chi connectivity index (χ0n) is 11.7. The summed E-state index contributed by atoms with van der Waals surface area (Å²) in [6, 6.07) is 5.81. The fraction of sp³-hybridized carbons (Fsp3) is 0.533. The maximum atomic E-state index is 12.6. The Morgan fingerprint density at radius 2 is 2.21 bits per heavy atom. The van der Waals surface area contributed by atoms with E-state index in [0.29, 0.717) is 13.2 Å². The van der Waals surface area contributed by atoms with Crippen molar-refractivity contribution < 1.29 is 14.6 Å². The molecular weight excluding hydrogens is 242 g/mol. The van der Waals surface area contributed by atoms with Gasteiger partial charge in [-0.05, 0) is 38.0 Å². The van der Waals surface area contributed by atoms with Gasteiger partial charge >= 0.3 is 0 Å². The number of aliphatic hydroxyl groups excluding tert-OH is 1. The number of benzene rings is 1. The van der Waals surface area contributed by atoms with Crippen LogP contribution in [0.3, 0.4) is 0 Å². The van der Waals surface area contributed by atoms with Crippen molar-refractivity contribution >= 4 is 5.91 Å². The van der Waals surface area contributed by atoms with Gasteiger partial charge in [0.2, 0.25) is 0 Å². The molecule has 0 spiro atoms. The standard InChI is InChI=1S/C15H21NO3/c1-10-5-4-6-14(12(10)3)15(18)16-7-13(8-17)19-9-11(16)2/h4-6,11,13,17H,7-9H2,1-3H3. The molecule has 1 saturated heterocycles. The smallest absolute Gasteiger partial charge is 0.254 e. The molecule has 4 nitrogen and oxygen atoms in total. The van der Waals surface area contributed by atoms with Crippen LogP contribution in [0.15, 0.2) is 18.2 Å². The lowest BCUT2D eigenvalue weighted by molar-refractivity contribution is -0.0667. The van der Waals surface area contributed by atoms with Gasteiger partial charge < -0.3 is 14.7 Å². The average molecular weight is 263 g/mol. The molecule has 1 N–H and O–H groups in total. The van der Waals surface area contributed by atoms with Crippen molar-refractivity contribution in [1.29, 1.82) is 0 Å². The van der Waals surface area contributed by atoms with E-state index in [2.05, 4.69) is 0 Å². The molecule has 2 unspecified atom stereocenters. The van der Waals surface area contributed by atoms with Crippen LogP contribution in [0.2, 0.25) is 0 Å². The van der Waals surface area contributed by atoms with E-state index in [1.54, 1.807) is 4.90 Å². The van der Waals surface area contributed by atoms with Crippen molar-refractivity contribution in [3.05, 3.63) is 34.9 Å². The summed E-state index contributed by atoms with van der Waals surface area (Å²) in [6.07, 6.45) is -0.273. The van der Waals surface area contributed by atoms with Crippen molar-refractivity contribution in [1.82, 2.24) is 4.90 Å². The molecule has 2 rings (SSSR count). The molecule has 1 heterocycles. The third kappa shape index (κ3) is 2.80. The summed E-state index contributed by atoms with van der Waals surface area (Å²) in [5.41, 5.74) is 2.88. The highest BCUT2D eigenvalue weighted by Crippen LogP contribution is 2.19. The summed E-state index contributed by atoms with van der Waals surface area (Å²) in [5, 5.41) is 9.18. The number of nitrogens with zero attached hydrogens (tertiary/aromatic N) is 1. The zero-order valence-corrected chi connectivity index (χ0v) is 11.7. The number of morpholine rings is 1. The number of hydrogen-bond acceptors (Lipinski definition) is 3. The number of aliphatic hydroxyl groups is 1. The van der Waals surface area contributed by atoms with Crippen LogP contribution >= 0.6 is 0 Å². The lowest BCUT2D eigenvalue weighted by Crippen LogP contribution is -2.52. The summed E-state index contributed by atoms with van der Waals surface area (Å²) >= 11 is 0. The molecule has 0 aliphatic carbocycles. The van der Waals surface area contributed by atoms with Gasteiger partial charge in [0.25, 0.3) is 5.91 Å². The third-order valence-electron chi connectivity index (χ3n) is 3.81. The Morgan fingerprint density at radius 3 is 2.89 bits per heavy atom. The highest BCUT2D eigenvalue weighted by Gasteiger charge is 2.30. The van der Waals surface area contributed by atoms with Gasteiger partial charge in [-0.2, -0.15) is 0 Å². The monoisotopic (exact) mass is 263 g/mol. The summed E-state index contributed by atoms with van der Waals surface area (Å²) < 4.78 is 5.47. The van der Waals surface area contributed by atoms with Crippen LogP contribution in [0.25, 0.3) is 0 Å². The minimum atomic E-state index is -0.273. The Bertz CT molecular complexity index is 472. The fourth-order valence-electron chi connectivity index (χ4n) is 2.35. The van der Waals surface area contributed by atoms with Crippen LogP contribution in [-0.2, 0) is 4.74 Å². The number of rotatable bonds is 2. The highest BCUT2D eigenvalue weighted by molar-refractivity contribution is 5.96. The van der Waals surface area contributed by atoms with E-state index in [4.69, 9.17) is 4.74 Å². The first-order valence-corrected chi connectivity index (χ1v) is 6.64. The molecule has 1 amide bonds. The molecule has 0 radical (unpaired) electrons. The predicted molar refractivity (Wildman–Crippen MR) is 73.2 cm³/mol. The summed E-state index contributed by atoms with van der Waals surface area (Å²) in [4.78, 5) is 14.4. The van der Waals surface area contributed by atoms with Gasteiger partial charge in [0.05, 0.1) is 25.4 Å². The van der Waals surface area contributed by atoms with E-state index in [1.807, 2.05) is 39.0 Å². The zero-order chi connectivity index (χ0) is 14.0. The molecular formula is C15H21NO3. The minimum absolute atomic E-state index is 0.0236. The van der Waals surface area contributed by atoms with Crippen molar-refractivity contribution in [2.75, 3.05) is 19.8 Å². The summed E-state index contributed by atoms with van der Waals surface area (Å²) in [7, 11) is 0. The van der Waals surface area contributed by atoms with E-state index in [-0.39, 0.29) is 24.7 Å². The van der Waals surface area contributed by atoms with Gasteiger partial charge in [-0.25, -0.2) is 0 Å². The second kappa shape index (κ2) is 5.72. The number of ether oxygens (including phenoxy) is 1. The Labute approximate surface area is 114 Å². The van der Waals surface area contributed by atoms with Crippen molar-refractivity contribution in [3.8, 4) is 0 Å². The van der Waals surface area contributed by atoms with Gasteiger partial charge in [-0.1, -0.05) is 12.1 Å². The molecule has 0 aromatic heterocycles. The van der Waals surface area contributed by atoms with Gasteiger partial charge in [-0.3, -0.25) is 4.79 Å². The number of carbonyl (C=O) groups is 1. The molecule has 2 atom stereocenters. The quantitative estimate of drug-likeness (QED) is 0.880. The van der Waals surface area contributed by atoms with Gasteiger partial charge in [-0.15, -0.1) is 0 Å². The number of hydrogen-bond donors (Lipinski definition) is 1. The van der Waals surface area contributed by atoms with Gasteiger partial charge in [0, 0.05) is 12.1 Å².